The summed E-state index contributed by atoms with van der Waals surface area (Å²) in [6, 6.07) is 12.8. The molecule has 0 aliphatic carbocycles. The van der Waals surface area contributed by atoms with Gasteiger partial charge in [-0.05, 0) is 37.5 Å². The second-order valence-corrected chi connectivity index (χ2v) is 16.9. The Morgan fingerprint density at radius 1 is 0.475 bits per heavy atom. The zero-order valence-electron chi connectivity index (χ0n) is 37.8. The predicted octanol–water partition coefficient (Wildman–Crippen LogP) is 14.7. The third-order valence-corrected chi connectivity index (χ3v) is 11.8. The molecule has 0 aromatic heterocycles. The molecular formula is C54H81NO4. The largest absolute Gasteiger partial charge is 0.369 e. The van der Waals surface area contributed by atoms with E-state index < -0.39 is 0 Å². The SMILES string of the molecule is CCCCCCCCCCCCCCCCOCC#Cc1cc2c(cc1C#CCOCCCCCCCCCCCCCCCC)C(=O)N([C@@H](C)c1ccccc1)C2=O. The van der Waals surface area contributed by atoms with Crippen molar-refractivity contribution < 1.29 is 19.1 Å². The van der Waals surface area contributed by atoms with E-state index in [1.165, 1.54) is 172 Å². The molecule has 5 nitrogen and oxygen atoms in total. The van der Waals surface area contributed by atoms with Crippen LogP contribution in [0.3, 0.4) is 0 Å². The number of ether oxygens (including phenoxy) is 2. The summed E-state index contributed by atoms with van der Waals surface area (Å²) in [7, 11) is 0. The summed E-state index contributed by atoms with van der Waals surface area (Å²) < 4.78 is 11.7. The molecule has 0 N–H and O–H groups in total. The maximum absolute atomic E-state index is 13.6. The second-order valence-electron chi connectivity index (χ2n) is 16.9. The van der Waals surface area contributed by atoms with Crippen LogP contribution in [0, 0.1) is 23.7 Å². The van der Waals surface area contributed by atoms with Crippen LogP contribution in [0.1, 0.15) is 244 Å². The van der Waals surface area contributed by atoms with Crippen molar-refractivity contribution >= 4 is 11.8 Å². The Bertz CT molecular complexity index is 1450. The molecule has 2 aromatic carbocycles. The topological polar surface area (TPSA) is 55.8 Å². The molecule has 0 saturated carbocycles. The van der Waals surface area contributed by atoms with Crippen molar-refractivity contribution in [3.63, 3.8) is 0 Å². The quantitative estimate of drug-likeness (QED) is 0.0401. The lowest BCUT2D eigenvalue weighted by Gasteiger charge is -2.22. The summed E-state index contributed by atoms with van der Waals surface area (Å²) >= 11 is 0. The van der Waals surface area contributed by atoms with E-state index in [1.807, 2.05) is 37.3 Å². The van der Waals surface area contributed by atoms with E-state index >= 15 is 0 Å². The van der Waals surface area contributed by atoms with E-state index in [4.69, 9.17) is 9.47 Å². The number of carbonyl (C=O) groups is 2. The maximum Gasteiger partial charge on any atom is 0.262 e. The Morgan fingerprint density at radius 2 is 0.797 bits per heavy atom. The van der Waals surface area contributed by atoms with Crippen molar-refractivity contribution in [2.45, 2.75) is 207 Å². The van der Waals surface area contributed by atoms with Crippen molar-refractivity contribution in [3.05, 3.63) is 70.3 Å². The lowest BCUT2D eigenvalue weighted by molar-refractivity contribution is 0.0595. The van der Waals surface area contributed by atoms with Crippen molar-refractivity contribution in [1.82, 2.24) is 4.90 Å². The molecule has 1 atom stereocenters. The first-order valence-electron chi connectivity index (χ1n) is 24.3. The van der Waals surface area contributed by atoms with Crippen molar-refractivity contribution in [2.75, 3.05) is 26.4 Å². The highest BCUT2D eigenvalue weighted by Gasteiger charge is 2.39. The van der Waals surface area contributed by atoms with Crippen LogP contribution in [0.25, 0.3) is 0 Å². The molecule has 3 rings (SSSR count). The van der Waals surface area contributed by atoms with Crippen molar-refractivity contribution in [1.29, 1.82) is 0 Å². The van der Waals surface area contributed by atoms with Gasteiger partial charge in [-0.15, -0.1) is 0 Å². The lowest BCUT2D eigenvalue weighted by Crippen LogP contribution is -2.32. The Kier molecular flexibility index (Phi) is 28.3. The van der Waals surface area contributed by atoms with E-state index in [1.54, 1.807) is 12.1 Å². The van der Waals surface area contributed by atoms with Crippen LogP contribution in [-0.2, 0) is 9.47 Å². The predicted molar refractivity (Wildman–Crippen MR) is 248 cm³/mol. The molecule has 5 heteroatoms. The zero-order chi connectivity index (χ0) is 42.0. The molecule has 326 valence electrons. The Labute approximate surface area is 361 Å². The molecule has 2 amide bonds. The summed E-state index contributed by atoms with van der Waals surface area (Å²) in [4.78, 5) is 28.6. The molecular weight excluding hydrogens is 727 g/mol. The highest BCUT2D eigenvalue weighted by Crippen LogP contribution is 2.33. The highest BCUT2D eigenvalue weighted by molar-refractivity contribution is 6.22. The summed E-state index contributed by atoms with van der Waals surface area (Å²) in [5.74, 6) is 12.1. The fourth-order valence-corrected chi connectivity index (χ4v) is 8.05. The molecule has 0 unspecified atom stereocenters. The van der Waals surface area contributed by atoms with E-state index in [0.717, 1.165) is 18.4 Å². The number of benzene rings is 2. The van der Waals surface area contributed by atoms with Gasteiger partial charge in [0.2, 0.25) is 0 Å². The summed E-state index contributed by atoms with van der Waals surface area (Å²) in [5.41, 5.74) is 2.95. The molecule has 0 bridgehead atoms. The first-order valence-corrected chi connectivity index (χ1v) is 24.3. The van der Waals surface area contributed by atoms with Crippen LogP contribution in [0.15, 0.2) is 42.5 Å². The van der Waals surface area contributed by atoms with Crippen LogP contribution in [0.4, 0.5) is 0 Å². The van der Waals surface area contributed by atoms with Gasteiger partial charge in [0.15, 0.2) is 0 Å². The minimum atomic E-state index is -0.390. The number of nitrogens with zero attached hydrogens (tertiary/aromatic N) is 1. The van der Waals surface area contributed by atoms with Gasteiger partial charge < -0.3 is 9.47 Å². The van der Waals surface area contributed by atoms with Crippen molar-refractivity contribution in [2.24, 2.45) is 0 Å². The van der Waals surface area contributed by atoms with Gasteiger partial charge in [0.25, 0.3) is 11.8 Å². The van der Waals surface area contributed by atoms with E-state index in [0.29, 0.717) is 48.7 Å². The average molecular weight is 808 g/mol. The Morgan fingerprint density at radius 3 is 1.14 bits per heavy atom. The molecule has 1 aliphatic rings. The normalized spacial score (nSPS) is 12.6. The Hall–Kier alpha value is -3.38. The van der Waals surface area contributed by atoms with Gasteiger partial charge in [-0.1, -0.05) is 235 Å². The monoisotopic (exact) mass is 808 g/mol. The average Bonchev–Trinajstić information content (AvgIpc) is 3.49. The number of fused-ring (bicyclic) bond motifs is 1. The van der Waals surface area contributed by atoms with Crippen LogP contribution in [0.5, 0.6) is 0 Å². The van der Waals surface area contributed by atoms with Crippen LogP contribution < -0.4 is 0 Å². The number of carbonyl (C=O) groups excluding carboxylic acids is 2. The molecule has 0 radical (unpaired) electrons. The highest BCUT2D eigenvalue weighted by atomic mass is 16.5. The number of rotatable bonds is 34. The second kappa shape index (κ2) is 33.4. The number of hydrogen-bond donors (Lipinski definition) is 0. The van der Waals surface area contributed by atoms with Gasteiger partial charge in [-0.3, -0.25) is 14.5 Å². The molecule has 2 aromatic rings. The number of unbranched alkanes of at least 4 members (excludes halogenated alkanes) is 26. The third kappa shape index (κ3) is 21.1. The van der Waals surface area contributed by atoms with Gasteiger partial charge in [0, 0.05) is 24.3 Å². The molecule has 1 aliphatic heterocycles. The summed E-state index contributed by atoms with van der Waals surface area (Å²) in [6.07, 6.45) is 37.3. The number of imide groups is 1. The number of amides is 2. The minimum Gasteiger partial charge on any atom is -0.369 e. The van der Waals surface area contributed by atoms with Crippen LogP contribution in [-0.4, -0.2) is 43.1 Å². The van der Waals surface area contributed by atoms with Gasteiger partial charge in [-0.2, -0.15) is 0 Å². The fraction of sp³-hybridized carbons (Fsp3) is 0.667. The smallest absolute Gasteiger partial charge is 0.262 e. The molecule has 0 fully saturated rings. The molecule has 1 heterocycles. The zero-order valence-corrected chi connectivity index (χ0v) is 37.8. The van der Waals surface area contributed by atoms with Gasteiger partial charge in [-0.25, -0.2) is 0 Å². The maximum atomic E-state index is 13.6. The fourth-order valence-electron chi connectivity index (χ4n) is 8.05. The van der Waals surface area contributed by atoms with Crippen molar-refractivity contribution in [3.8, 4) is 23.7 Å². The molecule has 0 spiro atoms. The molecule has 0 saturated heterocycles. The van der Waals surface area contributed by atoms with Crippen LogP contribution >= 0.6 is 0 Å². The first kappa shape index (κ1) is 50.0. The van der Waals surface area contributed by atoms with Gasteiger partial charge >= 0.3 is 0 Å². The lowest BCUT2D eigenvalue weighted by atomic mass is 10.00. The number of hydrogen-bond acceptors (Lipinski definition) is 4. The van der Waals surface area contributed by atoms with E-state index in [-0.39, 0.29) is 17.9 Å². The third-order valence-electron chi connectivity index (χ3n) is 11.8. The standard InChI is InChI=1S/C54H81NO4/c1-4-6-8-10-12-14-16-18-20-22-24-26-28-33-41-58-43-35-39-49-45-51-52(54(57)55(53(51)56)47(3)48-37-31-30-32-38-48)46-50(49)40-36-44-59-42-34-29-27-25-23-21-19-17-15-13-11-9-7-5-2/h30-32,37-38,45-47H,4-29,33-34,41-44H2,1-3H3/t47-/m0/s1. The summed E-state index contributed by atoms with van der Waals surface area (Å²) in [5, 5.41) is 0. The minimum absolute atomic E-state index is 0.297. The summed E-state index contributed by atoms with van der Waals surface area (Å²) in [6.45, 7) is 8.47. The van der Waals surface area contributed by atoms with Gasteiger partial charge in [0.1, 0.15) is 13.2 Å². The first-order chi connectivity index (χ1) is 29.1. The van der Waals surface area contributed by atoms with Crippen LogP contribution in [0.2, 0.25) is 0 Å². The Balaban J connectivity index is 1.40. The van der Waals surface area contributed by atoms with E-state index in [2.05, 4.69) is 37.5 Å². The van der Waals surface area contributed by atoms with E-state index in [9.17, 15) is 9.59 Å². The van der Waals surface area contributed by atoms with Gasteiger partial charge in [0.05, 0.1) is 17.2 Å². The molecule has 59 heavy (non-hydrogen) atoms.